The predicted octanol–water partition coefficient (Wildman–Crippen LogP) is 2.44. The van der Waals surface area contributed by atoms with Gasteiger partial charge in [-0.2, -0.15) is 0 Å². The molecule has 146 valence electrons. The first-order valence-electron chi connectivity index (χ1n) is 9.21. The second-order valence-electron chi connectivity index (χ2n) is 7.62. The quantitative estimate of drug-likeness (QED) is 0.678. The molecule has 26 heavy (non-hydrogen) atoms. The van der Waals surface area contributed by atoms with Crippen molar-refractivity contribution in [3.8, 4) is 0 Å². The summed E-state index contributed by atoms with van der Waals surface area (Å²) < 4.78 is 0. The number of benzene rings is 1. The van der Waals surface area contributed by atoms with E-state index >= 15 is 0 Å². The van der Waals surface area contributed by atoms with E-state index in [1.54, 1.807) is 0 Å². The van der Waals surface area contributed by atoms with Crippen molar-refractivity contribution in [2.45, 2.75) is 57.9 Å². The fourth-order valence-electron chi connectivity index (χ4n) is 3.51. The van der Waals surface area contributed by atoms with E-state index in [-0.39, 0.29) is 42.1 Å². The van der Waals surface area contributed by atoms with E-state index in [2.05, 4.69) is 41.8 Å². The van der Waals surface area contributed by atoms with Crippen molar-refractivity contribution < 1.29 is 9.59 Å². The number of nitrogens with two attached hydrogens (primary N) is 1. The third kappa shape index (κ3) is 5.71. The molecule has 1 aliphatic rings. The maximum Gasteiger partial charge on any atom is 0.239 e. The third-order valence-corrected chi connectivity index (χ3v) is 5.26. The molecule has 1 aromatic rings. The molecule has 1 fully saturated rings. The fraction of sp³-hybridized carbons (Fsp3) is 0.600. The highest BCUT2D eigenvalue weighted by Crippen LogP contribution is 2.40. The Balaban J connectivity index is 0.00000338. The first kappa shape index (κ1) is 22.5. The average molecular weight is 382 g/mol. The Hall–Kier alpha value is -1.59. The fourth-order valence-corrected chi connectivity index (χ4v) is 3.51. The van der Waals surface area contributed by atoms with Gasteiger partial charge >= 0.3 is 0 Å². The van der Waals surface area contributed by atoms with Crippen LogP contribution in [0.4, 0.5) is 0 Å². The molecular weight excluding hydrogens is 350 g/mol. The lowest BCUT2D eigenvalue weighted by Gasteiger charge is -2.30. The normalized spacial score (nSPS) is 16.7. The van der Waals surface area contributed by atoms with Crippen LogP contribution in [-0.2, 0) is 15.0 Å². The van der Waals surface area contributed by atoms with E-state index in [0.717, 1.165) is 12.8 Å². The molecule has 1 atom stereocenters. The van der Waals surface area contributed by atoms with E-state index in [9.17, 15) is 9.59 Å². The molecule has 2 rings (SSSR count). The lowest BCUT2D eigenvalue weighted by atomic mass is 9.78. The van der Waals surface area contributed by atoms with Gasteiger partial charge in [-0.3, -0.25) is 9.59 Å². The highest BCUT2D eigenvalue weighted by atomic mass is 35.5. The van der Waals surface area contributed by atoms with Crippen LogP contribution in [0.1, 0.15) is 50.7 Å². The van der Waals surface area contributed by atoms with Crippen molar-refractivity contribution in [3.05, 3.63) is 35.4 Å². The second kappa shape index (κ2) is 9.93. The van der Waals surface area contributed by atoms with Gasteiger partial charge in [0, 0.05) is 12.0 Å². The summed E-state index contributed by atoms with van der Waals surface area (Å²) in [7, 11) is 0. The predicted molar refractivity (Wildman–Crippen MR) is 107 cm³/mol. The summed E-state index contributed by atoms with van der Waals surface area (Å²) in [4.78, 5) is 24.0. The molecule has 0 aromatic heterocycles. The van der Waals surface area contributed by atoms with Gasteiger partial charge in [0.05, 0.1) is 12.6 Å². The van der Waals surface area contributed by atoms with Crippen LogP contribution in [0.3, 0.4) is 0 Å². The van der Waals surface area contributed by atoms with Gasteiger partial charge in [-0.05, 0) is 31.2 Å². The van der Waals surface area contributed by atoms with Gasteiger partial charge in [-0.25, -0.2) is 0 Å². The van der Waals surface area contributed by atoms with Crippen molar-refractivity contribution in [3.63, 3.8) is 0 Å². The minimum atomic E-state index is -0.582. The van der Waals surface area contributed by atoms with E-state index in [1.165, 1.54) is 24.0 Å². The topological polar surface area (TPSA) is 84.2 Å². The van der Waals surface area contributed by atoms with Crippen LogP contribution in [0.25, 0.3) is 0 Å². The van der Waals surface area contributed by atoms with Crippen LogP contribution >= 0.6 is 12.4 Å². The molecule has 0 heterocycles. The Kier molecular flexibility index (Phi) is 8.57. The molecule has 1 saturated carbocycles. The minimum absolute atomic E-state index is 0. The lowest BCUT2D eigenvalue weighted by Crippen LogP contribution is -2.48. The Morgan fingerprint density at radius 2 is 1.85 bits per heavy atom. The first-order chi connectivity index (χ1) is 11.8. The van der Waals surface area contributed by atoms with Crippen molar-refractivity contribution in [1.82, 2.24) is 10.6 Å². The SMILES string of the molecule is Cc1cccc(C2(CNC(=O)CNC(=O)[C@@H](N)C(C)C)CCCC2)c1.Cl. The van der Waals surface area contributed by atoms with Crippen molar-refractivity contribution >= 4 is 24.2 Å². The summed E-state index contributed by atoms with van der Waals surface area (Å²) in [6.45, 7) is 6.45. The molecule has 1 aromatic carbocycles. The molecule has 0 bridgehead atoms. The van der Waals surface area contributed by atoms with Gasteiger partial charge in [-0.15, -0.1) is 12.4 Å². The Morgan fingerprint density at radius 1 is 1.19 bits per heavy atom. The van der Waals surface area contributed by atoms with Crippen molar-refractivity contribution in [2.75, 3.05) is 13.1 Å². The molecular formula is C20H32ClN3O2. The summed E-state index contributed by atoms with van der Waals surface area (Å²) in [5.41, 5.74) is 8.34. The maximum atomic E-state index is 12.2. The summed E-state index contributed by atoms with van der Waals surface area (Å²) >= 11 is 0. The second-order valence-corrected chi connectivity index (χ2v) is 7.62. The molecule has 6 heteroatoms. The Bertz CT molecular complexity index is 613. The molecule has 0 radical (unpaired) electrons. The third-order valence-electron chi connectivity index (χ3n) is 5.26. The number of hydrogen-bond donors (Lipinski definition) is 3. The molecule has 0 unspecified atom stereocenters. The molecule has 4 N–H and O–H groups in total. The number of carbonyl (C=O) groups excluding carboxylic acids is 2. The van der Waals surface area contributed by atoms with Crippen LogP contribution in [0.15, 0.2) is 24.3 Å². The summed E-state index contributed by atoms with van der Waals surface area (Å²) in [5.74, 6) is -0.395. The van der Waals surface area contributed by atoms with Gasteiger partial charge in [-0.1, -0.05) is 56.5 Å². The highest BCUT2D eigenvalue weighted by molar-refractivity contribution is 5.87. The smallest absolute Gasteiger partial charge is 0.239 e. The number of halogens is 1. The van der Waals surface area contributed by atoms with E-state index < -0.39 is 6.04 Å². The molecule has 2 amide bonds. The molecule has 5 nitrogen and oxygen atoms in total. The monoisotopic (exact) mass is 381 g/mol. The standard InChI is InChI=1S/C20H31N3O2.ClH/c1-14(2)18(21)19(25)22-12-17(24)23-13-20(9-4-5-10-20)16-8-6-7-15(3)11-16;/h6-8,11,14,18H,4-5,9-10,12-13,21H2,1-3H3,(H,22,25)(H,23,24);1H/t18-;/m0./s1. The van der Waals surface area contributed by atoms with Crippen LogP contribution in [0, 0.1) is 12.8 Å². The van der Waals surface area contributed by atoms with E-state index in [1.807, 2.05) is 13.8 Å². The number of hydrogen-bond acceptors (Lipinski definition) is 3. The largest absolute Gasteiger partial charge is 0.354 e. The van der Waals surface area contributed by atoms with Gasteiger partial charge in [0.15, 0.2) is 0 Å². The number of aryl methyl sites for hydroxylation is 1. The number of rotatable bonds is 7. The zero-order valence-corrected chi connectivity index (χ0v) is 16.8. The van der Waals surface area contributed by atoms with E-state index in [4.69, 9.17) is 5.73 Å². The number of amides is 2. The van der Waals surface area contributed by atoms with Crippen LogP contribution in [-0.4, -0.2) is 30.9 Å². The Morgan fingerprint density at radius 3 is 2.42 bits per heavy atom. The molecule has 1 aliphatic carbocycles. The van der Waals surface area contributed by atoms with Gasteiger partial charge < -0.3 is 16.4 Å². The zero-order chi connectivity index (χ0) is 18.4. The van der Waals surface area contributed by atoms with Crippen molar-refractivity contribution in [2.24, 2.45) is 11.7 Å². The van der Waals surface area contributed by atoms with Gasteiger partial charge in [0.1, 0.15) is 0 Å². The number of nitrogens with one attached hydrogen (secondary N) is 2. The summed E-state index contributed by atoms with van der Waals surface area (Å²) in [6, 6.07) is 7.98. The van der Waals surface area contributed by atoms with Crippen LogP contribution in [0.5, 0.6) is 0 Å². The molecule has 0 spiro atoms. The first-order valence-corrected chi connectivity index (χ1v) is 9.21. The zero-order valence-electron chi connectivity index (χ0n) is 16.0. The summed E-state index contributed by atoms with van der Waals surface area (Å²) in [5, 5.41) is 5.64. The highest BCUT2D eigenvalue weighted by Gasteiger charge is 2.35. The molecule has 0 aliphatic heterocycles. The number of carbonyl (C=O) groups is 2. The van der Waals surface area contributed by atoms with Crippen LogP contribution < -0.4 is 16.4 Å². The lowest BCUT2D eigenvalue weighted by molar-refractivity contribution is -0.127. The Labute approximate surface area is 162 Å². The molecule has 0 saturated heterocycles. The average Bonchev–Trinajstić information content (AvgIpc) is 3.07. The van der Waals surface area contributed by atoms with Gasteiger partial charge in [0.25, 0.3) is 0 Å². The summed E-state index contributed by atoms with van der Waals surface area (Å²) in [6.07, 6.45) is 4.54. The van der Waals surface area contributed by atoms with Crippen molar-refractivity contribution in [1.29, 1.82) is 0 Å². The maximum absolute atomic E-state index is 12.2. The van der Waals surface area contributed by atoms with Crippen LogP contribution in [0.2, 0.25) is 0 Å². The minimum Gasteiger partial charge on any atom is -0.354 e. The van der Waals surface area contributed by atoms with E-state index in [0.29, 0.717) is 6.54 Å². The van der Waals surface area contributed by atoms with Gasteiger partial charge in [0.2, 0.25) is 11.8 Å².